The van der Waals surface area contributed by atoms with Gasteiger partial charge in [0.25, 0.3) is 5.91 Å². The molecule has 1 N–H and O–H groups in total. The predicted octanol–water partition coefficient (Wildman–Crippen LogP) is 2.59. The molecule has 7 nitrogen and oxygen atoms in total. The summed E-state index contributed by atoms with van der Waals surface area (Å²) in [5.41, 5.74) is 2.52. The van der Waals surface area contributed by atoms with Gasteiger partial charge in [-0.15, -0.1) is 0 Å². The summed E-state index contributed by atoms with van der Waals surface area (Å²) in [5, 5.41) is 3.40. The van der Waals surface area contributed by atoms with Gasteiger partial charge in [0, 0.05) is 57.6 Å². The monoisotopic (exact) mass is 451 g/mol. The zero-order valence-electron chi connectivity index (χ0n) is 20.0. The van der Waals surface area contributed by atoms with Gasteiger partial charge in [0.05, 0.1) is 11.3 Å². The Bertz CT molecular complexity index is 871. The van der Waals surface area contributed by atoms with Crippen molar-refractivity contribution < 1.29 is 9.53 Å². The van der Waals surface area contributed by atoms with E-state index >= 15 is 0 Å². The number of pyridine rings is 1. The topological polar surface area (TPSA) is 60.9 Å². The zero-order chi connectivity index (χ0) is 23.0. The summed E-state index contributed by atoms with van der Waals surface area (Å²) in [5.74, 6) is 0.921. The van der Waals surface area contributed by atoms with E-state index < -0.39 is 0 Å². The number of amides is 1. The lowest BCUT2D eigenvalue weighted by molar-refractivity contribution is 0.0720. The number of likely N-dealkylation sites (N-methyl/N-ethyl adjacent to an activating group) is 1. The molecule has 2 saturated heterocycles. The number of aromatic nitrogens is 1. The van der Waals surface area contributed by atoms with E-state index in [2.05, 4.69) is 27.1 Å². The molecule has 0 aliphatic carbocycles. The lowest BCUT2D eigenvalue weighted by atomic mass is 10.1. The Hall–Kier alpha value is -2.48. The lowest BCUT2D eigenvalue weighted by Gasteiger charge is -2.32. The fraction of sp³-hybridized carbons (Fsp3) is 0.538. The molecule has 0 bridgehead atoms. The van der Waals surface area contributed by atoms with Gasteiger partial charge in [0.15, 0.2) is 0 Å². The third-order valence-corrected chi connectivity index (χ3v) is 6.85. The van der Waals surface area contributed by atoms with Gasteiger partial charge in [0.1, 0.15) is 12.4 Å². The number of nitrogens with zero attached hydrogens (tertiary/aromatic N) is 4. The molecule has 4 rings (SSSR count). The van der Waals surface area contributed by atoms with E-state index in [1.807, 2.05) is 48.3 Å². The zero-order valence-corrected chi connectivity index (χ0v) is 20.0. The summed E-state index contributed by atoms with van der Waals surface area (Å²) in [4.78, 5) is 24.2. The van der Waals surface area contributed by atoms with Gasteiger partial charge in [0.2, 0.25) is 0 Å². The standard InChI is InChI=1S/C26H37N5O2/c1-29-14-16-31(17-15-29)18-19-33-24-8-5-21(6-9-24)25-10-7-22(20-28-25)26(32)30(2)23-4-3-12-27-13-11-23/h5-10,20,23,27H,3-4,11-19H2,1-2H3. The number of nitrogens with one attached hydrogen (secondary N) is 1. The molecule has 0 saturated carbocycles. The molecule has 2 fully saturated rings. The quantitative estimate of drug-likeness (QED) is 0.698. The van der Waals surface area contributed by atoms with Gasteiger partial charge in [-0.3, -0.25) is 14.7 Å². The van der Waals surface area contributed by atoms with Crippen molar-refractivity contribution in [2.45, 2.75) is 25.3 Å². The maximum atomic E-state index is 12.9. The minimum absolute atomic E-state index is 0.0463. The number of piperazine rings is 1. The average molecular weight is 452 g/mol. The SMILES string of the molecule is CN1CCN(CCOc2ccc(-c3ccc(C(=O)N(C)C4CCCNCC4)cn3)cc2)CC1. The fourth-order valence-electron chi connectivity index (χ4n) is 4.53. The number of carbonyl (C=O) groups excluding carboxylic acids is 1. The Morgan fingerprint density at radius 3 is 2.61 bits per heavy atom. The highest BCUT2D eigenvalue weighted by atomic mass is 16.5. The highest BCUT2D eigenvalue weighted by Crippen LogP contribution is 2.22. The largest absolute Gasteiger partial charge is 0.492 e. The van der Waals surface area contributed by atoms with Crippen LogP contribution in [0.25, 0.3) is 11.3 Å². The molecule has 1 unspecified atom stereocenters. The molecule has 2 aliphatic heterocycles. The Morgan fingerprint density at radius 2 is 1.88 bits per heavy atom. The van der Waals surface area contributed by atoms with Gasteiger partial charge in [-0.25, -0.2) is 0 Å². The second-order valence-electron chi connectivity index (χ2n) is 9.20. The molecule has 0 spiro atoms. The first-order valence-electron chi connectivity index (χ1n) is 12.2. The third kappa shape index (κ3) is 6.53. The predicted molar refractivity (Wildman–Crippen MR) is 132 cm³/mol. The Kier molecular flexibility index (Phi) is 8.31. The number of hydrogen-bond acceptors (Lipinski definition) is 6. The van der Waals surface area contributed by atoms with Gasteiger partial charge in [-0.05, 0) is 75.8 Å². The summed E-state index contributed by atoms with van der Waals surface area (Å²) in [6.07, 6.45) is 4.85. The minimum Gasteiger partial charge on any atom is -0.492 e. The molecule has 3 heterocycles. The second-order valence-corrected chi connectivity index (χ2v) is 9.20. The normalized spacial score (nSPS) is 20.2. The number of carbonyl (C=O) groups is 1. The van der Waals surface area contributed by atoms with Crippen LogP contribution in [0.15, 0.2) is 42.6 Å². The van der Waals surface area contributed by atoms with E-state index in [0.717, 1.165) is 82.1 Å². The molecule has 1 atom stereocenters. The molecule has 1 amide bonds. The number of rotatable bonds is 7. The van der Waals surface area contributed by atoms with Crippen LogP contribution in [0.2, 0.25) is 0 Å². The minimum atomic E-state index is 0.0463. The maximum absolute atomic E-state index is 12.9. The maximum Gasteiger partial charge on any atom is 0.255 e. The summed E-state index contributed by atoms with van der Waals surface area (Å²) < 4.78 is 5.94. The van der Waals surface area contributed by atoms with Crippen molar-refractivity contribution in [1.29, 1.82) is 0 Å². The Balaban J connectivity index is 1.28. The third-order valence-electron chi connectivity index (χ3n) is 6.85. The van der Waals surface area contributed by atoms with E-state index in [1.165, 1.54) is 0 Å². The molecular weight excluding hydrogens is 414 g/mol. The molecule has 0 radical (unpaired) electrons. The van der Waals surface area contributed by atoms with Crippen molar-refractivity contribution >= 4 is 5.91 Å². The number of ether oxygens (including phenoxy) is 1. The van der Waals surface area contributed by atoms with Crippen LogP contribution in [-0.4, -0.2) is 98.1 Å². The molecule has 1 aromatic carbocycles. The summed E-state index contributed by atoms with van der Waals surface area (Å²) in [6, 6.07) is 12.1. The van der Waals surface area contributed by atoms with Crippen LogP contribution in [0, 0.1) is 0 Å². The van der Waals surface area contributed by atoms with Gasteiger partial charge in [-0.1, -0.05) is 0 Å². The van der Waals surface area contributed by atoms with E-state index in [0.29, 0.717) is 12.2 Å². The van der Waals surface area contributed by atoms with Crippen LogP contribution in [-0.2, 0) is 0 Å². The number of benzene rings is 1. The van der Waals surface area contributed by atoms with Crippen molar-refractivity contribution in [1.82, 2.24) is 25.0 Å². The summed E-state index contributed by atoms with van der Waals surface area (Å²) in [7, 11) is 4.08. The molecule has 7 heteroatoms. The smallest absolute Gasteiger partial charge is 0.255 e. The van der Waals surface area contributed by atoms with E-state index in [9.17, 15) is 4.79 Å². The van der Waals surface area contributed by atoms with E-state index in [-0.39, 0.29) is 11.9 Å². The summed E-state index contributed by atoms with van der Waals surface area (Å²) >= 11 is 0. The first-order chi connectivity index (χ1) is 16.1. The number of hydrogen-bond donors (Lipinski definition) is 1. The highest BCUT2D eigenvalue weighted by molar-refractivity contribution is 5.94. The van der Waals surface area contributed by atoms with Crippen molar-refractivity contribution in [2.24, 2.45) is 0 Å². The van der Waals surface area contributed by atoms with Crippen LogP contribution in [0.1, 0.15) is 29.6 Å². The summed E-state index contributed by atoms with van der Waals surface area (Å²) in [6.45, 7) is 8.12. The fourth-order valence-corrected chi connectivity index (χ4v) is 4.53. The van der Waals surface area contributed by atoms with Crippen LogP contribution in [0.5, 0.6) is 5.75 Å². The first kappa shape index (κ1) is 23.7. The molecule has 2 aromatic rings. The molecule has 1 aromatic heterocycles. The van der Waals surface area contributed by atoms with Crippen molar-refractivity contribution in [3.8, 4) is 17.0 Å². The molecule has 33 heavy (non-hydrogen) atoms. The van der Waals surface area contributed by atoms with Gasteiger partial charge < -0.3 is 19.9 Å². The van der Waals surface area contributed by atoms with Crippen LogP contribution in [0.3, 0.4) is 0 Å². The van der Waals surface area contributed by atoms with Crippen LogP contribution < -0.4 is 10.1 Å². The van der Waals surface area contributed by atoms with Crippen molar-refractivity contribution in [2.75, 3.05) is 66.5 Å². The van der Waals surface area contributed by atoms with Crippen LogP contribution in [0.4, 0.5) is 0 Å². The second kappa shape index (κ2) is 11.6. The average Bonchev–Trinajstić information content (AvgIpc) is 3.15. The van der Waals surface area contributed by atoms with Crippen molar-refractivity contribution in [3.05, 3.63) is 48.2 Å². The van der Waals surface area contributed by atoms with Crippen molar-refractivity contribution in [3.63, 3.8) is 0 Å². The molecule has 2 aliphatic rings. The van der Waals surface area contributed by atoms with E-state index in [4.69, 9.17) is 4.74 Å². The van der Waals surface area contributed by atoms with Gasteiger partial charge in [-0.2, -0.15) is 0 Å². The molecule has 178 valence electrons. The van der Waals surface area contributed by atoms with E-state index in [1.54, 1.807) is 6.20 Å². The first-order valence-corrected chi connectivity index (χ1v) is 12.2. The highest BCUT2D eigenvalue weighted by Gasteiger charge is 2.22. The Labute approximate surface area is 197 Å². The van der Waals surface area contributed by atoms with Crippen LogP contribution >= 0.6 is 0 Å². The van der Waals surface area contributed by atoms with Gasteiger partial charge >= 0.3 is 0 Å². The lowest BCUT2D eigenvalue weighted by Crippen LogP contribution is -2.45. The molecular formula is C26H37N5O2. The Morgan fingerprint density at radius 1 is 1.09 bits per heavy atom.